The lowest BCUT2D eigenvalue weighted by Crippen LogP contribution is -2.54. The highest BCUT2D eigenvalue weighted by atomic mass is 35.5. The highest BCUT2D eigenvalue weighted by Crippen LogP contribution is 2.44. The zero-order valence-electron chi connectivity index (χ0n) is 22.4. The second kappa shape index (κ2) is 10.8. The van der Waals surface area contributed by atoms with Gasteiger partial charge in [-0.1, -0.05) is 11.6 Å². The molecule has 0 bridgehead atoms. The zero-order valence-corrected chi connectivity index (χ0v) is 23.2. The average Bonchev–Trinajstić information content (AvgIpc) is 3.26. The number of nitrogens with zero attached hydrogens (tertiary/aromatic N) is 6. The predicted molar refractivity (Wildman–Crippen MR) is 146 cm³/mol. The van der Waals surface area contributed by atoms with E-state index in [1.807, 2.05) is 18.9 Å². The smallest absolute Gasteiger partial charge is 0.418 e. The van der Waals surface area contributed by atoms with Crippen molar-refractivity contribution in [3.63, 3.8) is 0 Å². The number of aryl methyl sites for hydroxylation is 1. The van der Waals surface area contributed by atoms with Gasteiger partial charge >= 0.3 is 12.2 Å². The van der Waals surface area contributed by atoms with Crippen molar-refractivity contribution in [2.45, 2.75) is 44.9 Å². The standard InChI is InChI=1S/C26H31ClF4N8O/c1-13-9-18(32)34-23(20(13)26(29,30)31)19-17(27)10-16-22(21(19)28)35-25(40-12-15-5-4-6-37(15)3)36-24(16)39-8-7-38(33)11-14(39)2/h9-10,14-15H,4-8,11-12,33H2,1-3H3,(H2,32,34). The Balaban J connectivity index is 1.71. The summed E-state index contributed by atoms with van der Waals surface area (Å²) < 4.78 is 64.7. The molecule has 3 aromatic rings. The first-order valence-corrected chi connectivity index (χ1v) is 13.4. The molecule has 2 aliphatic rings. The van der Waals surface area contributed by atoms with E-state index in [1.54, 1.807) is 5.01 Å². The lowest BCUT2D eigenvalue weighted by molar-refractivity contribution is -0.137. The summed E-state index contributed by atoms with van der Waals surface area (Å²) in [4.78, 5) is 16.9. The number of hydrazine groups is 1. The molecule has 5 rings (SSSR count). The van der Waals surface area contributed by atoms with Crippen molar-refractivity contribution in [1.82, 2.24) is 24.9 Å². The number of aromatic nitrogens is 3. The number of alkyl halides is 3. The predicted octanol–water partition coefficient (Wildman–Crippen LogP) is 4.25. The van der Waals surface area contributed by atoms with Gasteiger partial charge in [0.15, 0.2) is 5.82 Å². The number of likely N-dealkylation sites (tertiary alicyclic amines) is 1. The lowest BCUT2D eigenvalue weighted by Gasteiger charge is -2.39. The number of fused-ring (bicyclic) bond motifs is 1. The molecule has 216 valence electrons. The van der Waals surface area contributed by atoms with Crippen molar-refractivity contribution in [2.24, 2.45) is 5.84 Å². The van der Waals surface area contributed by atoms with Crippen LogP contribution in [0.4, 0.5) is 29.2 Å². The maximum absolute atomic E-state index is 16.4. The summed E-state index contributed by atoms with van der Waals surface area (Å²) in [6.07, 6.45) is -2.87. The molecule has 2 aliphatic heterocycles. The van der Waals surface area contributed by atoms with Gasteiger partial charge in [0.25, 0.3) is 0 Å². The van der Waals surface area contributed by atoms with Gasteiger partial charge in [0.05, 0.1) is 21.8 Å². The normalized spacial score (nSPS) is 21.0. The summed E-state index contributed by atoms with van der Waals surface area (Å²) in [5.74, 6) is 5.10. The van der Waals surface area contributed by atoms with Crippen molar-refractivity contribution in [3.8, 4) is 17.3 Å². The lowest BCUT2D eigenvalue weighted by atomic mass is 9.99. The monoisotopic (exact) mass is 582 g/mol. The zero-order chi connectivity index (χ0) is 28.9. The van der Waals surface area contributed by atoms with Gasteiger partial charge < -0.3 is 20.3 Å². The average molecular weight is 583 g/mol. The summed E-state index contributed by atoms with van der Waals surface area (Å²) in [7, 11) is 1.99. The van der Waals surface area contributed by atoms with Crippen LogP contribution in [0.25, 0.3) is 22.2 Å². The van der Waals surface area contributed by atoms with Crippen LogP contribution in [-0.2, 0) is 6.18 Å². The first-order chi connectivity index (χ1) is 18.8. The Labute approximate surface area is 234 Å². The van der Waals surface area contributed by atoms with Gasteiger partial charge in [0, 0.05) is 37.1 Å². The minimum absolute atomic E-state index is 0.0786. The molecule has 4 heterocycles. The van der Waals surface area contributed by atoms with Crippen molar-refractivity contribution < 1.29 is 22.3 Å². The number of piperazine rings is 1. The second-order valence-electron chi connectivity index (χ2n) is 10.5. The molecule has 1 aromatic carbocycles. The molecule has 0 amide bonds. The number of benzene rings is 1. The first-order valence-electron chi connectivity index (χ1n) is 13.0. The van der Waals surface area contributed by atoms with Gasteiger partial charge in [-0.2, -0.15) is 23.1 Å². The highest BCUT2D eigenvalue weighted by molar-refractivity contribution is 6.34. The van der Waals surface area contributed by atoms with E-state index in [0.29, 0.717) is 25.5 Å². The third kappa shape index (κ3) is 5.35. The van der Waals surface area contributed by atoms with Crippen LogP contribution < -0.4 is 21.2 Å². The second-order valence-corrected chi connectivity index (χ2v) is 10.9. The number of halogens is 5. The molecule has 0 spiro atoms. The fourth-order valence-corrected chi connectivity index (χ4v) is 5.84. The van der Waals surface area contributed by atoms with Crippen LogP contribution in [0, 0.1) is 12.7 Å². The Morgan fingerprint density at radius 1 is 1.15 bits per heavy atom. The molecule has 0 radical (unpaired) electrons. The Morgan fingerprint density at radius 3 is 2.55 bits per heavy atom. The number of pyridine rings is 1. The number of rotatable bonds is 5. The quantitative estimate of drug-likeness (QED) is 0.337. The molecule has 2 saturated heterocycles. The fourth-order valence-electron chi connectivity index (χ4n) is 5.56. The molecule has 0 saturated carbocycles. The molecule has 2 aromatic heterocycles. The summed E-state index contributed by atoms with van der Waals surface area (Å²) in [6, 6.07) is 2.42. The van der Waals surface area contributed by atoms with E-state index in [4.69, 9.17) is 27.9 Å². The van der Waals surface area contributed by atoms with Crippen LogP contribution in [0.3, 0.4) is 0 Å². The van der Waals surface area contributed by atoms with E-state index in [1.165, 1.54) is 13.0 Å². The summed E-state index contributed by atoms with van der Waals surface area (Å²) in [6.45, 7) is 5.92. The van der Waals surface area contributed by atoms with E-state index in [0.717, 1.165) is 25.5 Å². The molecule has 4 N–H and O–H groups in total. The number of nitrogen functional groups attached to an aromatic ring is 1. The number of likely N-dealkylation sites (N-methyl/N-ethyl adjacent to an activating group) is 1. The van der Waals surface area contributed by atoms with Crippen LogP contribution in [0.5, 0.6) is 6.01 Å². The van der Waals surface area contributed by atoms with Crippen molar-refractivity contribution >= 4 is 34.1 Å². The van der Waals surface area contributed by atoms with Gasteiger partial charge in [-0.25, -0.2) is 14.4 Å². The van der Waals surface area contributed by atoms with E-state index >= 15 is 4.39 Å². The topological polar surface area (TPSA) is 110 Å². The number of nitrogens with two attached hydrogens (primary N) is 2. The summed E-state index contributed by atoms with van der Waals surface area (Å²) in [5.41, 5.74) is 3.00. The third-order valence-electron chi connectivity index (χ3n) is 7.61. The van der Waals surface area contributed by atoms with Gasteiger partial charge in [-0.15, -0.1) is 0 Å². The molecule has 0 aliphatic carbocycles. The molecule has 14 heteroatoms. The molecule has 2 fully saturated rings. The number of ether oxygens (including phenoxy) is 1. The molecule has 2 atom stereocenters. The summed E-state index contributed by atoms with van der Waals surface area (Å²) >= 11 is 6.52. The van der Waals surface area contributed by atoms with Crippen LogP contribution in [0.1, 0.15) is 30.9 Å². The third-order valence-corrected chi connectivity index (χ3v) is 7.90. The van der Waals surface area contributed by atoms with Gasteiger partial charge in [0.2, 0.25) is 0 Å². The molecular formula is C26H31ClF4N8O. The fraction of sp³-hybridized carbons (Fsp3) is 0.500. The number of hydrogen-bond acceptors (Lipinski definition) is 9. The molecule has 9 nitrogen and oxygen atoms in total. The highest BCUT2D eigenvalue weighted by Gasteiger charge is 2.39. The maximum Gasteiger partial charge on any atom is 0.418 e. The first kappa shape index (κ1) is 28.5. The molecular weight excluding hydrogens is 552 g/mol. The number of anilines is 2. The van der Waals surface area contributed by atoms with Gasteiger partial charge in [-0.05, 0) is 58.0 Å². The molecule has 2 unspecified atom stereocenters. The van der Waals surface area contributed by atoms with Gasteiger partial charge in [0.1, 0.15) is 23.8 Å². The van der Waals surface area contributed by atoms with Crippen LogP contribution in [0.2, 0.25) is 5.02 Å². The number of hydrogen-bond donors (Lipinski definition) is 2. The van der Waals surface area contributed by atoms with Crippen molar-refractivity contribution in [2.75, 3.05) is 50.5 Å². The van der Waals surface area contributed by atoms with Crippen LogP contribution in [-0.4, -0.2) is 76.8 Å². The van der Waals surface area contributed by atoms with Gasteiger partial charge in [-0.3, -0.25) is 5.84 Å². The molecule has 40 heavy (non-hydrogen) atoms. The summed E-state index contributed by atoms with van der Waals surface area (Å²) in [5, 5.41) is 1.64. The Bertz CT molecular complexity index is 1440. The van der Waals surface area contributed by atoms with E-state index in [2.05, 4.69) is 19.9 Å². The largest absolute Gasteiger partial charge is 0.462 e. The minimum atomic E-state index is -4.83. The van der Waals surface area contributed by atoms with E-state index in [-0.39, 0.29) is 52.0 Å². The minimum Gasteiger partial charge on any atom is -0.462 e. The van der Waals surface area contributed by atoms with Crippen molar-refractivity contribution in [1.29, 1.82) is 0 Å². The van der Waals surface area contributed by atoms with E-state index in [9.17, 15) is 13.2 Å². The Kier molecular flexibility index (Phi) is 7.68. The van der Waals surface area contributed by atoms with E-state index < -0.39 is 28.8 Å². The maximum atomic E-state index is 16.4. The van der Waals surface area contributed by atoms with Crippen molar-refractivity contribution in [3.05, 3.63) is 34.1 Å². The Hall–Kier alpha value is -3.00. The Morgan fingerprint density at radius 2 is 1.90 bits per heavy atom. The SMILES string of the molecule is Cc1cc(N)nc(-c2c(Cl)cc3c(N4CCN(N)CC4C)nc(OCC4CCCN4C)nc3c2F)c1C(F)(F)F. The van der Waals surface area contributed by atoms with Crippen LogP contribution in [0.15, 0.2) is 12.1 Å². The van der Waals surface area contributed by atoms with Crippen LogP contribution >= 0.6 is 11.6 Å².